The fourth-order valence-electron chi connectivity index (χ4n) is 3.89. The van der Waals surface area contributed by atoms with Crippen molar-refractivity contribution in [1.82, 2.24) is 4.98 Å². The van der Waals surface area contributed by atoms with E-state index in [-0.39, 0.29) is 23.5 Å². The van der Waals surface area contributed by atoms with E-state index in [1.54, 1.807) is 6.07 Å². The van der Waals surface area contributed by atoms with E-state index in [1.165, 1.54) is 12.1 Å². The van der Waals surface area contributed by atoms with Crippen LogP contribution in [-0.2, 0) is 10.2 Å². The van der Waals surface area contributed by atoms with Crippen LogP contribution < -0.4 is 10.1 Å². The van der Waals surface area contributed by atoms with Crippen molar-refractivity contribution < 1.29 is 28.2 Å². The molecule has 1 aliphatic heterocycles. The number of hydrogen-bond donors (Lipinski definition) is 2. The lowest BCUT2D eigenvalue weighted by Crippen LogP contribution is -2.41. The molecule has 1 aliphatic carbocycles. The summed E-state index contributed by atoms with van der Waals surface area (Å²) in [6.45, 7) is 0. The molecule has 0 bridgehead atoms. The highest BCUT2D eigenvalue weighted by Gasteiger charge is 2.49. The van der Waals surface area contributed by atoms with E-state index in [0.29, 0.717) is 43.0 Å². The number of fused-ring (bicyclic) bond motifs is 2. The van der Waals surface area contributed by atoms with Crippen molar-refractivity contribution in [3.05, 3.63) is 53.2 Å². The number of benzene rings is 1. The quantitative estimate of drug-likeness (QED) is 0.861. The minimum atomic E-state index is -1.05. The molecular formula is C19H16F2N2O4. The molecule has 2 aliphatic rings. The Morgan fingerprint density at radius 3 is 2.67 bits per heavy atom. The van der Waals surface area contributed by atoms with Crippen LogP contribution in [0.4, 0.5) is 14.5 Å². The van der Waals surface area contributed by atoms with Crippen LogP contribution in [0.25, 0.3) is 0 Å². The number of ether oxygens (including phenoxy) is 1. The summed E-state index contributed by atoms with van der Waals surface area (Å²) in [5, 5.41) is 12.0. The largest absolute Gasteiger partial charge is 0.478 e. The van der Waals surface area contributed by atoms with E-state index in [9.17, 15) is 23.5 Å². The zero-order valence-corrected chi connectivity index (χ0v) is 14.2. The standard InChI is InChI=1S/C19H16F2N2O4/c20-11-8-14(21)16(22-9-11)27-12-3-5-19(6-4-12)13-7-10(17(24)25)1-2-15(13)23-18(19)26/h1-2,7-9,12H,3-6H2,(H,23,26)(H,24,25). The SMILES string of the molecule is O=C(O)c1ccc2c(c1)C1(CCC(Oc3ncc(F)cc3F)CC1)C(=O)N2. The zero-order valence-electron chi connectivity index (χ0n) is 14.2. The molecule has 0 unspecified atom stereocenters. The minimum Gasteiger partial charge on any atom is -0.478 e. The van der Waals surface area contributed by atoms with E-state index >= 15 is 0 Å². The summed E-state index contributed by atoms with van der Waals surface area (Å²) in [6, 6.07) is 5.31. The average Bonchev–Trinajstić information content (AvgIpc) is 2.90. The lowest BCUT2D eigenvalue weighted by molar-refractivity contribution is -0.122. The number of carboxylic acid groups (broad SMARTS) is 1. The Morgan fingerprint density at radius 2 is 2.00 bits per heavy atom. The number of carbonyl (C=O) groups is 2. The van der Waals surface area contributed by atoms with Crippen molar-refractivity contribution >= 4 is 17.6 Å². The number of carboxylic acids is 1. The lowest BCUT2D eigenvalue weighted by atomic mass is 9.69. The monoisotopic (exact) mass is 374 g/mol. The van der Waals surface area contributed by atoms with Gasteiger partial charge >= 0.3 is 5.97 Å². The summed E-state index contributed by atoms with van der Waals surface area (Å²) >= 11 is 0. The molecule has 2 aromatic rings. The predicted molar refractivity (Wildman–Crippen MR) is 90.7 cm³/mol. The molecule has 0 saturated heterocycles. The second-order valence-corrected chi connectivity index (χ2v) is 6.86. The first-order valence-corrected chi connectivity index (χ1v) is 8.56. The van der Waals surface area contributed by atoms with Crippen LogP contribution in [0, 0.1) is 11.6 Å². The number of anilines is 1. The molecule has 0 atom stereocenters. The molecule has 2 heterocycles. The maximum Gasteiger partial charge on any atom is 0.335 e. The van der Waals surface area contributed by atoms with E-state index in [1.807, 2.05) is 0 Å². The van der Waals surface area contributed by atoms with Gasteiger partial charge in [0.15, 0.2) is 5.82 Å². The number of aromatic nitrogens is 1. The minimum absolute atomic E-state index is 0.126. The third-order valence-corrected chi connectivity index (χ3v) is 5.30. The van der Waals surface area contributed by atoms with Gasteiger partial charge in [0.25, 0.3) is 5.88 Å². The van der Waals surface area contributed by atoms with Gasteiger partial charge in [-0.3, -0.25) is 4.79 Å². The van der Waals surface area contributed by atoms with Crippen LogP contribution in [0.2, 0.25) is 0 Å². The topological polar surface area (TPSA) is 88.5 Å². The highest BCUT2D eigenvalue weighted by Crippen LogP contribution is 2.48. The zero-order chi connectivity index (χ0) is 19.2. The summed E-state index contributed by atoms with van der Waals surface area (Å²) in [5.74, 6) is -3.13. The second-order valence-electron chi connectivity index (χ2n) is 6.86. The van der Waals surface area contributed by atoms with Crippen molar-refractivity contribution in [2.24, 2.45) is 0 Å². The highest BCUT2D eigenvalue weighted by atomic mass is 19.1. The van der Waals surface area contributed by atoms with Gasteiger partial charge in [0, 0.05) is 11.8 Å². The van der Waals surface area contributed by atoms with E-state index in [2.05, 4.69) is 10.3 Å². The third-order valence-electron chi connectivity index (χ3n) is 5.30. The Bertz CT molecular complexity index is 939. The van der Waals surface area contributed by atoms with Crippen LogP contribution >= 0.6 is 0 Å². The van der Waals surface area contributed by atoms with E-state index < -0.39 is 23.0 Å². The van der Waals surface area contributed by atoms with Gasteiger partial charge in [-0.15, -0.1) is 0 Å². The molecule has 8 heteroatoms. The number of nitrogens with one attached hydrogen (secondary N) is 1. The molecule has 27 heavy (non-hydrogen) atoms. The molecule has 1 saturated carbocycles. The van der Waals surface area contributed by atoms with Crippen molar-refractivity contribution in [2.75, 3.05) is 5.32 Å². The number of pyridine rings is 1. The Kier molecular flexibility index (Phi) is 4.05. The first kappa shape index (κ1) is 17.4. The number of hydrogen-bond acceptors (Lipinski definition) is 4. The van der Waals surface area contributed by atoms with Crippen LogP contribution in [0.5, 0.6) is 5.88 Å². The molecule has 4 rings (SSSR count). The van der Waals surface area contributed by atoms with Gasteiger partial charge in [0.1, 0.15) is 11.9 Å². The number of nitrogens with zero attached hydrogens (tertiary/aromatic N) is 1. The van der Waals surface area contributed by atoms with Gasteiger partial charge in [-0.1, -0.05) is 0 Å². The Labute approximate surface area is 153 Å². The van der Waals surface area contributed by atoms with Gasteiger partial charge < -0.3 is 15.2 Å². The van der Waals surface area contributed by atoms with Gasteiger partial charge in [-0.05, 0) is 49.4 Å². The fraction of sp³-hybridized carbons (Fsp3) is 0.316. The summed E-state index contributed by atoms with van der Waals surface area (Å²) < 4.78 is 32.2. The van der Waals surface area contributed by atoms with Crippen LogP contribution in [0.3, 0.4) is 0 Å². The van der Waals surface area contributed by atoms with E-state index in [0.717, 1.165) is 6.20 Å². The van der Waals surface area contributed by atoms with Gasteiger partial charge in [0.05, 0.1) is 17.2 Å². The van der Waals surface area contributed by atoms with Gasteiger partial charge in [-0.25, -0.2) is 18.6 Å². The normalized spacial score (nSPS) is 23.8. The predicted octanol–water partition coefficient (Wildman–Crippen LogP) is 3.27. The third kappa shape index (κ3) is 2.90. The van der Waals surface area contributed by atoms with Crippen LogP contribution in [0.1, 0.15) is 41.6 Å². The number of rotatable bonds is 3. The highest BCUT2D eigenvalue weighted by molar-refractivity contribution is 6.07. The molecule has 6 nitrogen and oxygen atoms in total. The molecule has 1 spiro atoms. The second kappa shape index (κ2) is 6.29. The average molecular weight is 374 g/mol. The molecule has 1 aromatic heterocycles. The summed E-state index contributed by atoms with van der Waals surface area (Å²) in [4.78, 5) is 27.5. The number of amides is 1. The Balaban J connectivity index is 1.54. The maximum absolute atomic E-state index is 13.7. The molecule has 1 fully saturated rings. The maximum atomic E-state index is 13.7. The molecular weight excluding hydrogens is 358 g/mol. The van der Waals surface area contributed by atoms with Crippen LogP contribution in [0.15, 0.2) is 30.5 Å². The molecule has 1 aromatic carbocycles. The number of carbonyl (C=O) groups excluding carboxylic acids is 1. The summed E-state index contributed by atoms with van der Waals surface area (Å²) in [6.07, 6.45) is 2.31. The van der Waals surface area contributed by atoms with Crippen molar-refractivity contribution in [3.63, 3.8) is 0 Å². The first-order valence-electron chi connectivity index (χ1n) is 8.56. The summed E-state index contributed by atoms with van der Waals surface area (Å²) in [5.41, 5.74) is 0.614. The molecule has 1 amide bonds. The first-order chi connectivity index (χ1) is 12.9. The smallest absolute Gasteiger partial charge is 0.335 e. The van der Waals surface area contributed by atoms with E-state index in [4.69, 9.17) is 4.74 Å². The van der Waals surface area contributed by atoms with Crippen LogP contribution in [-0.4, -0.2) is 28.1 Å². The van der Waals surface area contributed by atoms with Crippen molar-refractivity contribution in [1.29, 1.82) is 0 Å². The fourth-order valence-corrected chi connectivity index (χ4v) is 3.89. The molecule has 0 radical (unpaired) electrons. The molecule has 140 valence electrons. The molecule has 2 N–H and O–H groups in total. The Morgan fingerprint density at radius 1 is 1.26 bits per heavy atom. The van der Waals surface area contributed by atoms with Gasteiger partial charge in [0.2, 0.25) is 5.91 Å². The number of aromatic carboxylic acids is 1. The number of halogens is 2. The Hall–Kier alpha value is -3.03. The van der Waals surface area contributed by atoms with Crippen molar-refractivity contribution in [3.8, 4) is 5.88 Å². The van der Waals surface area contributed by atoms with Crippen molar-refractivity contribution in [2.45, 2.75) is 37.2 Å². The van der Waals surface area contributed by atoms with Gasteiger partial charge in [-0.2, -0.15) is 0 Å². The summed E-state index contributed by atoms with van der Waals surface area (Å²) in [7, 11) is 0. The lowest BCUT2D eigenvalue weighted by Gasteiger charge is -2.35.